The predicted octanol–water partition coefficient (Wildman–Crippen LogP) is 2.90. The van der Waals surface area contributed by atoms with Crippen LogP contribution in [-0.2, 0) is 11.2 Å². The highest BCUT2D eigenvalue weighted by Gasteiger charge is 2.12. The molecular weight excluding hydrogens is 254 g/mol. The maximum Gasteiger partial charge on any atom is 0.231 e. The van der Waals surface area contributed by atoms with Crippen molar-refractivity contribution < 1.29 is 14.3 Å². The third kappa shape index (κ3) is 4.44. The van der Waals surface area contributed by atoms with Gasteiger partial charge in [-0.3, -0.25) is 4.79 Å². The van der Waals surface area contributed by atoms with Crippen LogP contribution in [0.25, 0.3) is 0 Å². The number of benzene rings is 1. The second-order valence-electron chi connectivity index (χ2n) is 5.59. The van der Waals surface area contributed by atoms with E-state index in [4.69, 9.17) is 9.47 Å². The Morgan fingerprint density at radius 2 is 2.05 bits per heavy atom. The molecule has 1 amide bonds. The van der Waals surface area contributed by atoms with Crippen LogP contribution < -0.4 is 14.8 Å². The quantitative estimate of drug-likeness (QED) is 0.780. The van der Waals surface area contributed by atoms with Crippen LogP contribution in [0.3, 0.4) is 0 Å². The molecule has 0 spiro atoms. The van der Waals surface area contributed by atoms with E-state index in [2.05, 4.69) is 25.2 Å². The van der Waals surface area contributed by atoms with E-state index in [0.717, 1.165) is 37.3 Å². The highest BCUT2D eigenvalue weighted by atomic mass is 16.7. The summed E-state index contributed by atoms with van der Waals surface area (Å²) in [6, 6.07) is 6.04. The first-order valence-corrected chi connectivity index (χ1v) is 7.30. The fourth-order valence-electron chi connectivity index (χ4n) is 2.12. The van der Waals surface area contributed by atoms with Gasteiger partial charge in [-0.1, -0.05) is 19.9 Å². The molecule has 0 radical (unpaired) electrons. The first-order chi connectivity index (χ1) is 9.65. The molecule has 1 aromatic rings. The van der Waals surface area contributed by atoms with Gasteiger partial charge in [0.2, 0.25) is 12.7 Å². The molecule has 1 aromatic carbocycles. The summed E-state index contributed by atoms with van der Waals surface area (Å²) < 4.78 is 10.6. The Kier molecular flexibility index (Phi) is 5.27. The molecule has 4 nitrogen and oxygen atoms in total. The van der Waals surface area contributed by atoms with Crippen LogP contribution in [0.4, 0.5) is 0 Å². The lowest BCUT2D eigenvalue weighted by Gasteiger charge is -2.07. The fourth-order valence-corrected chi connectivity index (χ4v) is 2.12. The molecule has 0 atom stereocenters. The van der Waals surface area contributed by atoms with Gasteiger partial charge >= 0.3 is 0 Å². The molecule has 0 bridgehead atoms. The summed E-state index contributed by atoms with van der Waals surface area (Å²) in [4.78, 5) is 11.6. The Labute approximate surface area is 120 Å². The van der Waals surface area contributed by atoms with Gasteiger partial charge in [-0.2, -0.15) is 0 Å². The van der Waals surface area contributed by atoms with Crippen LogP contribution >= 0.6 is 0 Å². The third-order valence-electron chi connectivity index (χ3n) is 3.26. The van der Waals surface area contributed by atoms with Crippen molar-refractivity contribution in [2.24, 2.45) is 5.92 Å². The Morgan fingerprint density at radius 3 is 2.85 bits per heavy atom. The number of ether oxygens (including phenoxy) is 2. The van der Waals surface area contributed by atoms with Crippen molar-refractivity contribution in [2.45, 2.75) is 39.5 Å². The van der Waals surface area contributed by atoms with Gasteiger partial charge in [0.1, 0.15) is 0 Å². The zero-order chi connectivity index (χ0) is 14.4. The number of hydrogen-bond donors (Lipinski definition) is 1. The number of nitrogens with one attached hydrogen (secondary N) is 1. The van der Waals surface area contributed by atoms with Crippen LogP contribution in [0.15, 0.2) is 18.2 Å². The monoisotopic (exact) mass is 277 g/mol. The maximum atomic E-state index is 11.6. The summed E-state index contributed by atoms with van der Waals surface area (Å²) in [6.07, 6.45) is 3.50. The van der Waals surface area contributed by atoms with Crippen molar-refractivity contribution in [3.63, 3.8) is 0 Å². The van der Waals surface area contributed by atoms with Crippen LogP contribution in [-0.4, -0.2) is 19.2 Å². The molecule has 1 heterocycles. The molecule has 0 aromatic heterocycles. The number of unbranched alkanes of at least 4 members (excludes halogenated alkanes) is 1. The lowest BCUT2D eigenvalue weighted by atomic mass is 10.1. The number of fused-ring (bicyclic) bond motifs is 1. The van der Waals surface area contributed by atoms with Crippen molar-refractivity contribution in [1.82, 2.24) is 5.32 Å². The Balaban J connectivity index is 1.65. The first kappa shape index (κ1) is 14.7. The SMILES string of the molecule is CC(C)CNC(=O)CCCCc1ccc2c(c1)OCO2. The normalized spacial score (nSPS) is 12.8. The Bertz CT molecular complexity index is 457. The van der Waals surface area contributed by atoms with Crippen LogP contribution in [0.5, 0.6) is 11.5 Å². The largest absolute Gasteiger partial charge is 0.454 e. The average Bonchev–Trinajstić information content (AvgIpc) is 2.88. The van der Waals surface area contributed by atoms with Gasteiger partial charge in [0.25, 0.3) is 0 Å². The maximum absolute atomic E-state index is 11.6. The number of rotatable bonds is 7. The second-order valence-corrected chi connectivity index (χ2v) is 5.59. The standard InChI is InChI=1S/C16H23NO3/c1-12(2)10-17-16(18)6-4-3-5-13-7-8-14-15(9-13)20-11-19-14/h7-9,12H,3-6,10-11H2,1-2H3,(H,17,18). The Hall–Kier alpha value is -1.71. The van der Waals surface area contributed by atoms with E-state index >= 15 is 0 Å². The van der Waals surface area contributed by atoms with Crippen LogP contribution in [0.1, 0.15) is 38.7 Å². The third-order valence-corrected chi connectivity index (χ3v) is 3.26. The zero-order valence-electron chi connectivity index (χ0n) is 12.3. The summed E-state index contributed by atoms with van der Waals surface area (Å²) in [7, 11) is 0. The summed E-state index contributed by atoms with van der Waals surface area (Å²) in [5.74, 6) is 2.32. The van der Waals surface area contributed by atoms with Gasteiger partial charge in [0, 0.05) is 13.0 Å². The van der Waals surface area contributed by atoms with Crippen LogP contribution in [0, 0.1) is 5.92 Å². The molecule has 4 heteroatoms. The molecule has 1 aliphatic heterocycles. The van der Waals surface area contributed by atoms with Gasteiger partial charge < -0.3 is 14.8 Å². The summed E-state index contributed by atoms with van der Waals surface area (Å²) in [5, 5.41) is 2.94. The minimum absolute atomic E-state index is 0.157. The molecule has 110 valence electrons. The van der Waals surface area contributed by atoms with Gasteiger partial charge in [0.15, 0.2) is 11.5 Å². The van der Waals surface area contributed by atoms with Crippen molar-refractivity contribution >= 4 is 5.91 Å². The first-order valence-electron chi connectivity index (χ1n) is 7.30. The number of carbonyl (C=O) groups excluding carboxylic acids is 1. The van der Waals surface area contributed by atoms with Crippen LogP contribution in [0.2, 0.25) is 0 Å². The summed E-state index contributed by atoms with van der Waals surface area (Å²) in [5.41, 5.74) is 1.23. The van der Waals surface area contributed by atoms with E-state index in [1.54, 1.807) is 0 Å². The topological polar surface area (TPSA) is 47.6 Å². The lowest BCUT2D eigenvalue weighted by molar-refractivity contribution is -0.121. The molecule has 20 heavy (non-hydrogen) atoms. The van der Waals surface area contributed by atoms with Gasteiger partial charge in [-0.15, -0.1) is 0 Å². The number of hydrogen-bond acceptors (Lipinski definition) is 3. The minimum Gasteiger partial charge on any atom is -0.454 e. The van der Waals surface area contributed by atoms with E-state index in [-0.39, 0.29) is 5.91 Å². The molecule has 0 saturated carbocycles. The number of aryl methyl sites for hydroxylation is 1. The fraction of sp³-hybridized carbons (Fsp3) is 0.562. The average molecular weight is 277 g/mol. The molecule has 0 aliphatic carbocycles. The predicted molar refractivity (Wildman–Crippen MR) is 78.0 cm³/mol. The zero-order valence-corrected chi connectivity index (χ0v) is 12.3. The second kappa shape index (κ2) is 7.17. The van der Waals surface area contributed by atoms with Crippen molar-refractivity contribution in [3.05, 3.63) is 23.8 Å². The Morgan fingerprint density at radius 1 is 1.25 bits per heavy atom. The van der Waals surface area contributed by atoms with E-state index in [1.807, 2.05) is 12.1 Å². The molecule has 1 aliphatic rings. The summed E-state index contributed by atoms with van der Waals surface area (Å²) in [6.45, 7) is 5.27. The molecular formula is C16H23NO3. The molecule has 0 fully saturated rings. The van der Waals surface area contributed by atoms with E-state index in [9.17, 15) is 4.79 Å². The molecule has 0 saturated heterocycles. The van der Waals surface area contributed by atoms with E-state index in [1.165, 1.54) is 5.56 Å². The highest BCUT2D eigenvalue weighted by molar-refractivity contribution is 5.75. The van der Waals surface area contributed by atoms with E-state index in [0.29, 0.717) is 19.1 Å². The van der Waals surface area contributed by atoms with Crippen molar-refractivity contribution in [2.75, 3.05) is 13.3 Å². The van der Waals surface area contributed by atoms with Crippen molar-refractivity contribution in [1.29, 1.82) is 0 Å². The molecule has 2 rings (SSSR count). The number of carbonyl (C=O) groups is 1. The van der Waals surface area contributed by atoms with Crippen molar-refractivity contribution in [3.8, 4) is 11.5 Å². The highest BCUT2D eigenvalue weighted by Crippen LogP contribution is 2.32. The smallest absolute Gasteiger partial charge is 0.231 e. The van der Waals surface area contributed by atoms with Gasteiger partial charge in [-0.05, 0) is 42.9 Å². The summed E-state index contributed by atoms with van der Waals surface area (Å²) >= 11 is 0. The molecule has 1 N–H and O–H groups in total. The van der Waals surface area contributed by atoms with Gasteiger partial charge in [0.05, 0.1) is 0 Å². The molecule has 0 unspecified atom stereocenters. The minimum atomic E-state index is 0.157. The lowest BCUT2D eigenvalue weighted by Crippen LogP contribution is -2.26. The number of amides is 1. The van der Waals surface area contributed by atoms with E-state index < -0.39 is 0 Å². The van der Waals surface area contributed by atoms with Gasteiger partial charge in [-0.25, -0.2) is 0 Å².